The van der Waals surface area contributed by atoms with Gasteiger partial charge in [-0.1, -0.05) is 18.9 Å². The van der Waals surface area contributed by atoms with E-state index in [0.717, 1.165) is 30.0 Å². The fourth-order valence-electron chi connectivity index (χ4n) is 3.58. The van der Waals surface area contributed by atoms with E-state index < -0.39 is 0 Å². The predicted octanol–water partition coefficient (Wildman–Crippen LogP) is 3.73. The predicted molar refractivity (Wildman–Crippen MR) is 85.3 cm³/mol. The average molecular weight is 289 g/mol. The molecule has 0 aliphatic heterocycles. The van der Waals surface area contributed by atoms with Crippen LogP contribution >= 0.6 is 0 Å². The third-order valence-corrected chi connectivity index (χ3v) is 5.01. The molecule has 3 rings (SSSR count). The second-order valence-electron chi connectivity index (χ2n) is 6.45. The maximum Gasteiger partial charge on any atom is 0.160 e. The van der Waals surface area contributed by atoms with E-state index in [1.165, 1.54) is 44.1 Å². The normalized spacial score (nSPS) is 20.5. The Morgan fingerprint density at radius 1 is 1.05 bits per heavy atom. The van der Waals surface area contributed by atoms with Gasteiger partial charge in [0.2, 0.25) is 0 Å². The van der Waals surface area contributed by atoms with Gasteiger partial charge in [0.05, 0.1) is 14.2 Å². The van der Waals surface area contributed by atoms with Crippen LogP contribution in [0.25, 0.3) is 0 Å². The van der Waals surface area contributed by atoms with Gasteiger partial charge in [-0.25, -0.2) is 0 Å². The van der Waals surface area contributed by atoms with Crippen molar-refractivity contribution >= 4 is 0 Å². The van der Waals surface area contributed by atoms with Crippen molar-refractivity contribution in [1.29, 1.82) is 0 Å². The lowest BCUT2D eigenvalue weighted by atomic mass is 9.84. The van der Waals surface area contributed by atoms with E-state index in [1.807, 2.05) is 6.07 Å². The van der Waals surface area contributed by atoms with Crippen molar-refractivity contribution in [2.75, 3.05) is 20.8 Å². The van der Waals surface area contributed by atoms with E-state index in [1.54, 1.807) is 14.2 Å². The van der Waals surface area contributed by atoms with Gasteiger partial charge in [-0.15, -0.1) is 0 Å². The lowest BCUT2D eigenvalue weighted by Gasteiger charge is -2.25. The minimum Gasteiger partial charge on any atom is -0.493 e. The standard InChI is InChI=1S/C18H27NO2/c1-20-17-10-7-14(11-18(17)21-2)16(12-19-15-8-9-15)13-5-3-4-6-13/h7,10-11,13,15-16,19H,3-6,8-9,12H2,1-2H3. The fourth-order valence-corrected chi connectivity index (χ4v) is 3.58. The summed E-state index contributed by atoms with van der Waals surface area (Å²) in [7, 11) is 3.41. The molecule has 3 heteroatoms. The summed E-state index contributed by atoms with van der Waals surface area (Å²) in [6, 6.07) is 7.22. The Morgan fingerprint density at radius 2 is 1.76 bits per heavy atom. The Labute approximate surface area is 128 Å². The van der Waals surface area contributed by atoms with Crippen molar-refractivity contribution in [2.45, 2.75) is 50.5 Å². The van der Waals surface area contributed by atoms with Crippen LogP contribution in [0.15, 0.2) is 18.2 Å². The molecule has 116 valence electrons. The molecule has 0 aromatic heterocycles. The molecule has 2 aliphatic carbocycles. The lowest BCUT2D eigenvalue weighted by molar-refractivity contribution is 0.352. The zero-order valence-electron chi connectivity index (χ0n) is 13.2. The van der Waals surface area contributed by atoms with Gasteiger partial charge in [-0.2, -0.15) is 0 Å². The van der Waals surface area contributed by atoms with E-state index in [0.29, 0.717) is 5.92 Å². The fraction of sp³-hybridized carbons (Fsp3) is 0.667. The van der Waals surface area contributed by atoms with Crippen molar-refractivity contribution < 1.29 is 9.47 Å². The first kappa shape index (κ1) is 14.7. The van der Waals surface area contributed by atoms with Gasteiger partial charge in [0, 0.05) is 12.6 Å². The smallest absolute Gasteiger partial charge is 0.160 e. The van der Waals surface area contributed by atoms with E-state index >= 15 is 0 Å². The van der Waals surface area contributed by atoms with Gasteiger partial charge < -0.3 is 14.8 Å². The Balaban J connectivity index is 1.79. The Kier molecular flexibility index (Phi) is 4.69. The van der Waals surface area contributed by atoms with Gasteiger partial charge in [0.25, 0.3) is 0 Å². The molecule has 1 aromatic rings. The molecule has 21 heavy (non-hydrogen) atoms. The number of hydrogen-bond acceptors (Lipinski definition) is 3. The highest BCUT2D eigenvalue weighted by atomic mass is 16.5. The third-order valence-electron chi connectivity index (χ3n) is 5.01. The highest BCUT2D eigenvalue weighted by molar-refractivity contribution is 5.44. The molecular weight excluding hydrogens is 262 g/mol. The topological polar surface area (TPSA) is 30.5 Å². The molecule has 1 atom stereocenters. The summed E-state index contributed by atoms with van der Waals surface area (Å²) in [5.41, 5.74) is 1.40. The van der Waals surface area contributed by atoms with Crippen molar-refractivity contribution in [3.63, 3.8) is 0 Å². The summed E-state index contributed by atoms with van der Waals surface area (Å²) < 4.78 is 10.8. The van der Waals surface area contributed by atoms with Crippen LogP contribution in [0, 0.1) is 5.92 Å². The maximum atomic E-state index is 5.48. The first-order chi connectivity index (χ1) is 10.3. The number of methoxy groups -OCH3 is 2. The van der Waals surface area contributed by atoms with Crippen LogP contribution in [0.5, 0.6) is 11.5 Å². The van der Waals surface area contributed by atoms with E-state index in [-0.39, 0.29) is 0 Å². The van der Waals surface area contributed by atoms with Gasteiger partial charge in [0.15, 0.2) is 11.5 Å². The summed E-state index contributed by atoms with van der Waals surface area (Å²) in [4.78, 5) is 0. The van der Waals surface area contributed by atoms with Crippen LogP contribution in [-0.4, -0.2) is 26.8 Å². The molecule has 1 unspecified atom stereocenters. The molecule has 2 saturated carbocycles. The Morgan fingerprint density at radius 3 is 2.38 bits per heavy atom. The van der Waals surface area contributed by atoms with Crippen LogP contribution in [0.4, 0.5) is 0 Å². The summed E-state index contributed by atoms with van der Waals surface area (Å²) >= 11 is 0. The molecule has 2 aliphatic rings. The van der Waals surface area contributed by atoms with Crippen LogP contribution in [-0.2, 0) is 0 Å². The monoisotopic (exact) mass is 289 g/mol. The van der Waals surface area contributed by atoms with Crippen molar-refractivity contribution in [1.82, 2.24) is 5.32 Å². The molecule has 0 spiro atoms. The van der Waals surface area contributed by atoms with Gasteiger partial charge in [0.1, 0.15) is 0 Å². The highest BCUT2D eigenvalue weighted by Gasteiger charge is 2.29. The maximum absolute atomic E-state index is 5.48. The SMILES string of the molecule is COc1ccc(C(CNC2CC2)C2CCCC2)cc1OC. The van der Waals surface area contributed by atoms with Crippen molar-refractivity contribution in [2.24, 2.45) is 5.92 Å². The second-order valence-corrected chi connectivity index (χ2v) is 6.45. The minimum absolute atomic E-state index is 0.605. The summed E-state index contributed by atoms with van der Waals surface area (Å²) in [5.74, 6) is 3.09. The van der Waals surface area contributed by atoms with E-state index in [4.69, 9.17) is 9.47 Å². The first-order valence-corrected chi connectivity index (χ1v) is 8.27. The molecule has 1 aromatic carbocycles. The van der Waals surface area contributed by atoms with Gasteiger partial charge in [-0.05, 0) is 55.2 Å². The van der Waals surface area contributed by atoms with Gasteiger partial charge in [-0.3, -0.25) is 0 Å². The zero-order valence-corrected chi connectivity index (χ0v) is 13.2. The molecule has 0 radical (unpaired) electrons. The Bertz CT molecular complexity index is 464. The molecule has 0 bridgehead atoms. The molecular formula is C18H27NO2. The van der Waals surface area contributed by atoms with Crippen LogP contribution in [0.3, 0.4) is 0 Å². The molecule has 0 saturated heterocycles. The molecule has 2 fully saturated rings. The van der Waals surface area contributed by atoms with E-state index in [9.17, 15) is 0 Å². The molecule has 3 nitrogen and oxygen atoms in total. The molecule has 0 amide bonds. The average Bonchev–Trinajstić information content (AvgIpc) is 3.19. The number of benzene rings is 1. The zero-order chi connectivity index (χ0) is 14.7. The van der Waals surface area contributed by atoms with Crippen LogP contribution in [0.1, 0.15) is 50.0 Å². The van der Waals surface area contributed by atoms with Gasteiger partial charge >= 0.3 is 0 Å². The lowest BCUT2D eigenvalue weighted by Crippen LogP contribution is -2.27. The van der Waals surface area contributed by atoms with Crippen LogP contribution in [0.2, 0.25) is 0 Å². The quantitative estimate of drug-likeness (QED) is 0.829. The van der Waals surface area contributed by atoms with Crippen molar-refractivity contribution in [3.05, 3.63) is 23.8 Å². The summed E-state index contributed by atoms with van der Waals surface area (Å²) in [6.45, 7) is 1.10. The highest BCUT2D eigenvalue weighted by Crippen LogP contribution is 2.40. The van der Waals surface area contributed by atoms with E-state index in [2.05, 4.69) is 17.4 Å². The minimum atomic E-state index is 0.605. The number of rotatable bonds is 7. The molecule has 1 N–H and O–H groups in total. The summed E-state index contributed by atoms with van der Waals surface area (Å²) in [5, 5.41) is 3.73. The number of hydrogen-bond donors (Lipinski definition) is 1. The number of nitrogens with one attached hydrogen (secondary N) is 1. The number of ether oxygens (including phenoxy) is 2. The second kappa shape index (κ2) is 6.69. The van der Waals surface area contributed by atoms with Crippen LogP contribution < -0.4 is 14.8 Å². The third kappa shape index (κ3) is 3.52. The summed E-state index contributed by atoms with van der Waals surface area (Å²) in [6.07, 6.45) is 8.21. The first-order valence-electron chi connectivity index (χ1n) is 8.27. The molecule has 0 heterocycles. The largest absolute Gasteiger partial charge is 0.493 e. The Hall–Kier alpha value is -1.22. The van der Waals surface area contributed by atoms with Crippen molar-refractivity contribution in [3.8, 4) is 11.5 Å².